The maximum atomic E-state index is 13.1. The molecule has 3 aromatic rings. The molecule has 182 valence electrons. The van der Waals surface area contributed by atoms with Crippen LogP contribution >= 0.6 is 0 Å². The first-order valence-electron chi connectivity index (χ1n) is 11.3. The highest BCUT2D eigenvalue weighted by Gasteiger charge is 2.22. The number of likely N-dealkylation sites (N-methyl/N-ethyl adjacent to an activating group) is 1. The van der Waals surface area contributed by atoms with Gasteiger partial charge in [0.15, 0.2) is 0 Å². The van der Waals surface area contributed by atoms with Gasteiger partial charge in [0.25, 0.3) is 0 Å². The fourth-order valence-corrected chi connectivity index (χ4v) is 3.44. The molecule has 0 fully saturated rings. The molecule has 3 rings (SSSR count). The topological polar surface area (TPSA) is 85.0 Å². The van der Waals surface area contributed by atoms with E-state index >= 15 is 0 Å². The zero-order chi connectivity index (χ0) is 25.4. The average Bonchev–Trinajstić information content (AvgIpc) is 2.85. The number of hydrogen-bond donors (Lipinski definition) is 2. The molecular formula is C27H31N5O3. The SMILES string of the molecule is Cc1cccc(NC(=O)NCC(=O)N(CC(=O)N(C)c2ccc(N(C)C)cc2)c2ccccc2)c1. The Kier molecular flexibility index (Phi) is 8.45. The van der Waals surface area contributed by atoms with Gasteiger partial charge >= 0.3 is 6.03 Å². The lowest BCUT2D eigenvalue weighted by Crippen LogP contribution is -2.46. The predicted octanol–water partition coefficient (Wildman–Crippen LogP) is 3.88. The van der Waals surface area contributed by atoms with Crippen molar-refractivity contribution in [2.45, 2.75) is 6.92 Å². The number of nitrogens with zero attached hydrogens (tertiary/aromatic N) is 3. The van der Waals surface area contributed by atoms with Crippen LogP contribution in [0.15, 0.2) is 78.9 Å². The lowest BCUT2D eigenvalue weighted by atomic mass is 10.2. The predicted molar refractivity (Wildman–Crippen MR) is 141 cm³/mol. The summed E-state index contributed by atoms with van der Waals surface area (Å²) in [7, 11) is 5.57. The molecule has 0 aliphatic rings. The van der Waals surface area contributed by atoms with E-state index in [1.165, 1.54) is 9.80 Å². The summed E-state index contributed by atoms with van der Waals surface area (Å²) in [5.41, 5.74) is 3.95. The first kappa shape index (κ1) is 25.3. The summed E-state index contributed by atoms with van der Waals surface area (Å²) in [6.45, 7) is 1.49. The van der Waals surface area contributed by atoms with Gasteiger partial charge in [0, 0.05) is 43.9 Å². The third kappa shape index (κ3) is 7.07. The maximum absolute atomic E-state index is 13.1. The molecule has 3 aromatic carbocycles. The molecule has 2 N–H and O–H groups in total. The molecule has 0 saturated carbocycles. The minimum absolute atomic E-state index is 0.171. The van der Waals surface area contributed by atoms with Crippen LogP contribution < -0.4 is 25.3 Å². The quantitative estimate of drug-likeness (QED) is 0.520. The van der Waals surface area contributed by atoms with Crippen molar-refractivity contribution in [3.8, 4) is 0 Å². The molecule has 0 aromatic heterocycles. The van der Waals surface area contributed by atoms with Gasteiger partial charge < -0.3 is 25.3 Å². The van der Waals surface area contributed by atoms with Crippen molar-refractivity contribution in [3.05, 3.63) is 84.4 Å². The summed E-state index contributed by atoms with van der Waals surface area (Å²) >= 11 is 0. The van der Waals surface area contributed by atoms with E-state index in [0.29, 0.717) is 11.4 Å². The molecule has 4 amide bonds. The van der Waals surface area contributed by atoms with Crippen molar-refractivity contribution in [2.75, 3.05) is 54.2 Å². The van der Waals surface area contributed by atoms with E-state index in [1.807, 2.05) is 74.4 Å². The van der Waals surface area contributed by atoms with E-state index in [-0.39, 0.29) is 19.0 Å². The van der Waals surface area contributed by atoms with Crippen LogP contribution in [0.5, 0.6) is 0 Å². The minimum Gasteiger partial charge on any atom is -0.378 e. The lowest BCUT2D eigenvalue weighted by molar-refractivity contribution is -0.121. The van der Waals surface area contributed by atoms with Crippen LogP contribution in [0.25, 0.3) is 0 Å². The van der Waals surface area contributed by atoms with E-state index in [9.17, 15) is 14.4 Å². The fraction of sp³-hybridized carbons (Fsp3) is 0.222. The minimum atomic E-state index is -0.499. The Labute approximate surface area is 206 Å². The number of para-hydroxylation sites is 1. The number of carbonyl (C=O) groups excluding carboxylic acids is 3. The third-order valence-electron chi connectivity index (χ3n) is 5.47. The number of benzene rings is 3. The molecule has 0 unspecified atom stereocenters. The molecule has 35 heavy (non-hydrogen) atoms. The van der Waals surface area contributed by atoms with E-state index < -0.39 is 11.9 Å². The van der Waals surface area contributed by atoms with Gasteiger partial charge in [-0.3, -0.25) is 9.59 Å². The van der Waals surface area contributed by atoms with Crippen LogP contribution in [0.3, 0.4) is 0 Å². The number of anilines is 4. The maximum Gasteiger partial charge on any atom is 0.319 e. The van der Waals surface area contributed by atoms with Gasteiger partial charge in [-0.1, -0.05) is 30.3 Å². The van der Waals surface area contributed by atoms with Gasteiger partial charge in [-0.05, 0) is 61.0 Å². The van der Waals surface area contributed by atoms with E-state index in [0.717, 1.165) is 16.9 Å². The number of urea groups is 1. The molecule has 0 atom stereocenters. The summed E-state index contributed by atoms with van der Waals surface area (Å²) in [5.74, 6) is -0.663. The molecule has 0 saturated heterocycles. The Bertz CT molecular complexity index is 1160. The highest BCUT2D eigenvalue weighted by Crippen LogP contribution is 2.20. The first-order valence-corrected chi connectivity index (χ1v) is 11.3. The molecule has 0 aliphatic carbocycles. The smallest absolute Gasteiger partial charge is 0.319 e. The molecule has 0 spiro atoms. The second-order valence-electron chi connectivity index (χ2n) is 8.36. The monoisotopic (exact) mass is 473 g/mol. The van der Waals surface area contributed by atoms with E-state index in [2.05, 4.69) is 10.6 Å². The summed E-state index contributed by atoms with van der Waals surface area (Å²) in [5, 5.41) is 5.29. The Balaban J connectivity index is 1.67. The zero-order valence-electron chi connectivity index (χ0n) is 20.5. The number of nitrogens with one attached hydrogen (secondary N) is 2. The Morgan fingerprint density at radius 3 is 2.03 bits per heavy atom. The molecular weight excluding hydrogens is 442 g/mol. The first-order chi connectivity index (χ1) is 16.7. The average molecular weight is 474 g/mol. The van der Waals surface area contributed by atoms with Crippen LogP contribution in [0.4, 0.5) is 27.5 Å². The number of rotatable bonds is 8. The number of carbonyl (C=O) groups is 3. The van der Waals surface area contributed by atoms with Crippen molar-refractivity contribution in [1.82, 2.24) is 5.32 Å². The molecule has 0 radical (unpaired) electrons. The highest BCUT2D eigenvalue weighted by atomic mass is 16.2. The van der Waals surface area contributed by atoms with Gasteiger partial charge in [0.2, 0.25) is 11.8 Å². The van der Waals surface area contributed by atoms with Gasteiger partial charge in [0.05, 0.1) is 6.54 Å². The normalized spacial score (nSPS) is 10.3. The number of amides is 4. The van der Waals surface area contributed by atoms with Crippen molar-refractivity contribution in [2.24, 2.45) is 0 Å². The standard InChI is InChI=1S/C27H31N5O3/c1-20-9-8-10-21(17-20)29-27(35)28-18-25(33)32(24-11-6-5-7-12-24)19-26(34)31(4)23-15-13-22(14-16-23)30(2)3/h5-17H,18-19H2,1-4H3,(H2,28,29,35). The lowest BCUT2D eigenvalue weighted by Gasteiger charge is -2.26. The largest absolute Gasteiger partial charge is 0.378 e. The van der Waals surface area contributed by atoms with Crippen LogP contribution in [0.1, 0.15) is 5.56 Å². The van der Waals surface area contributed by atoms with E-state index in [1.54, 1.807) is 37.4 Å². The summed E-state index contributed by atoms with van der Waals surface area (Å²) in [6, 6.07) is 23.4. The van der Waals surface area contributed by atoms with Crippen LogP contribution in [0.2, 0.25) is 0 Å². The molecule has 8 nitrogen and oxygen atoms in total. The second-order valence-corrected chi connectivity index (χ2v) is 8.36. The van der Waals surface area contributed by atoms with Gasteiger partial charge in [-0.2, -0.15) is 0 Å². The van der Waals surface area contributed by atoms with Gasteiger partial charge in [-0.25, -0.2) is 4.79 Å². The Hall–Kier alpha value is -4.33. The molecule has 0 bridgehead atoms. The van der Waals surface area contributed by atoms with Gasteiger partial charge in [0.1, 0.15) is 6.54 Å². The molecule has 0 aliphatic heterocycles. The van der Waals surface area contributed by atoms with Crippen molar-refractivity contribution in [1.29, 1.82) is 0 Å². The fourth-order valence-electron chi connectivity index (χ4n) is 3.44. The number of aryl methyl sites for hydroxylation is 1. The summed E-state index contributed by atoms with van der Waals surface area (Å²) in [4.78, 5) is 43.3. The molecule has 0 heterocycles. The molecule has 8 heteroatoms. The summed E-state index contributed by atoms with van der Waals surface area (Å²) < 4.78 is 0. The number of hydrogen-bond acceptors (Lipinski definition) is 4. The van der Waals surface area contributed by atoms with Crippen LogP contribution in [-0.2, 0) is 9.59 Å². The van der Waals surface area contributed by atoms with E-state index in [4.69, 9.17) is 0 Å². The van der Waals surface area contributed by atoms with Crippen molar-refractivity contribution in [3.63, 3.8) is 0 Å². The van der Waals surface area contributed by atoms with Gasteiger partial charge in [-0.15, -0.1) is 0 Å². The third-order valence-corrected chi connectivity index (χ3v) is 5.47. The Morgan fingerprint density at radius 1 is 0.743 bits per heavy atom. The Morgan fingerprint density at radius 2 is 1.40 bits per heavy atom. The highest BCUT2D eigenvalue weighted by molar-refractivity contribution is 6.05. The van der Waals surface area contributed by atoms with Crippen molar-refractivity contribution >= 4 is 40.6 Å². The second kappa shape index (κ2) is 11.7. The summed E-state index contributed by atoms with van der Waals surface area (Å²) in [6.07, 6.45) is 0. The van der Waals surface area contributed by atoms with Crippen LogP contribution in [0, 0.1) is 6.92 Å². The zero-order valence-corrected chi connectivity index (χ0v) is 20.5. The van der Waals surface area contributed by atoms with Crippen LogP contribution in [-0.4, -0.2) is 52.1 Å². The van der Waals surface area contributed by atoms with Crippen molar-refractivity contribution < 1.29 is 14.4 Å².